The van der Waals surface area contributed by atoms with Gasteiger partial charge in [0.15, 0.2) is 0 Å². The summed E-state index contributed by atoms with van der Waals surface area (Å²) in [6, 6.07) is 4.76. The third-order valence-corrected chi connectivity index (χ3v) is 3.75. The lowest BCUT2D eigenvalue weighted by Gasteiger charge is -2.32. The molecule has 1 aliphatic heterocycles. The van der Waals surface area contributed by atoms with Gasteiger partial charge in [-0.05, 0) is 46.8 Å². The number of urea groups is 1. The molecule has 3 amide bonds. The molecule has 1 saturated heterocycles. The van der Waals surface area contributed by atoms with E-state index in [1.165, 1.54) is 0 Å². The van der Waals surface area contributed by atoms with Crippen molar-refractivity contribution in [2.45, 2.75) is 12.8 Å². The van der Waals surface area contributed by atoms with Crippen LogP contribution in [0.4, 0.5) is 4.79 Å². The van der Waals surface area contributed by atoms with Crippen molar-refractivity contribution in [3.05, 3.63) is 28.5 Å². The minimum absolute atomic E-state index is 0.0740. The maximum atomic E-state index is 12.4. The molecule has 2 heterocycles. The topological polar surface area (TPSA) is 88.3 Å². The highest BCUT2D eigenvalue weighted by atomic mass is 79.9. The average Bonchev–Trinajstić information content (AvgIpc) is 2.44. The minimum Gasteiger partial charge on any atom is -0.352 e. The van der Waals surface area contributed by atoms with E-state index in [1.54, 1.807) is 23.1 Å². The van der Waals surface area contributed by atoms with Gasteiger partial charge < -0.3 is 16.0 Å². The maximum Gasteiger partial charge on any atom is 0.312 e. The molecule has 0 aliphatic carbocycles. The van der Waals surface area contributed by atoms with E-state index in [9.17, 15) is 9.59 Å². The molecule has 2 rings (SSSR count). The van der Waals surface area contributed by atoms with Gasteiger partial charge in [-0.3, -0.25) is 4.79 Å². The fourth-order valence-corrected chi connectivity index (χ4v) is 2.69. The minimum atomic E-state index is -0.526. The molecule has 1 fully saturated rings. The Balaban J connectivity index is 1.98. The number of piperidine rings is 1. The first kappa shape index (κ1) is 14.8. The molecular formula is C13H17BrN4O2. The normalized spacial score (nSPS) is 18.6. The quantitative estimate of drug-likeness (QED) is 0.814. The molecule has 1 aromatic heterocycles. The number of nitrogens with two attached hydrogens (primary N) is 1. The van der Waals surface area contributed by atoms with Gasteiger partial charge in [-0.1, -0.05) is 6.07 Å². The fourth-order valence-electron chi connectivity index (χ4n) is 2.35. The van der Waals surface area contributed by atoms with Crippen LogP contribution in [0.25, 0.3) is 0 Å². The van der Waals surface area contributed by atoms with Gasteiger partial charge in [-0.15, -0.1) is 0 Å². The molecule has 1 aromatic rings. The molecule has 1 aliphatic rings. The van der Waals surface area contributed by atoms with E-state index >= 15 is 0 Å². The van der Waals surface area contributed by atoms with Gasteiger partial charge >= 0.3 is 6.03 Å². The lowest BCUT2D eigenvalue weighted by atomic mass is 9.97. The Hall–Kier alpha value is -1.63. The largest absolute Gasteiger partial charge is 0.352 e. The van der Waals surface area contributed by atoms with Gasteiger partial charge in [-0.25, -0.2) is 9.78 Å². The van der Waals surface area contributed by atoms with Crippen molar-refractivity contribution in [3.8, 4) is 0 Å². The third-order valence-electron chi connectivity index (χ3n) is 3.31. The van der Waals surface area contributed by atoms with Crippen molar-refractivity contribution in [1.29, 1.82) is 0 Å². The van der Waals surface area contributed by atoms with Crippen LogP contribution >= 0.6 is 15.9 Å². The molecule has 0 saturated carbocycles. The highest BCUT2D eigenvalue weighted by Gasteiger charge is 2.25. The predicted octanol–water partition coefficient (Wildman–Crippen LogP) is 1.36. The summed E-state index contributed by atoms with van der Waals surface area (Å²) in [6.45, 7) is 1.85. The molecule has 0 radical (unpaired) electrons. The summed E-state index contributed by atoms with van der Waals surface area (Å²) in [5, 5.41) is 2.60. The van der Waals surface area contributed by atoms with Gasteiger partial charge in [0.1, 0.15) is 10.3 Å². The fraction of sp³-hybridized carbons (Fsp3) is 0.462. The summed E-state index contributed by atoms with van der Waals surface area (Å²) < 4.78 is 0.646. The number of nitrogens with one attached hydrogen (secondary N) is 1. The SMILES string of the molecule is NC(=O)NCC1CCCN(C(=O)c2cccc(Br)n2)C1. The lowest BCUT2D eigenvalue weighted by Crippen LogP contribution is -2.44. The monoisotopic (exact) mass is 340 g/mol. The van der Waals surface area contributed by atoms with Gasteiger partial charge in [-0.2, -0.15) is 0 Å². The Kier molecular flexibility index (Phi) is 4.94. The second-order valence-corrected chi connectivity index (χ2v) is 5.66. The van der Waals surface area contributed by atoms with Crippen LogP contribution in [0.5, 0.6) is 0 Å². The van der Waals surface area contributed by atoms with Crippen molar-refractivity contribution < 1.29 is 9.59 Å². The number of aromatic nitrogens is 1. The van der Waals surface area contributed by atoms with E-state index in [0.717, 1.165) is 19.4 Å². The highest BCUT2D eigenvalue weighted by Crippen LogP contribution is 2.18. The number of pyridine rings is 1. The van der Waals surface area contributed by atoms with Crippen molar-refractivity contribution in [1.82, 2.24) is 15.2 Å². The van der Waals surface area contributed by atoms with Crippen LogP contribution in [0.1, 0.15) is 23.3 Å². The van der Waals surface area contributed by atoms with Crippen LogP contribution in [0.2, 0.25) is 0 Å². The molecule has 108 valence electrons. The van der Waals surface area contributed by atoms with Crippen LogP contribution in [-0.2, 0) is 0 Å². The van der Waals surface area contributed by atoms with Crippen LogP contribution in [0.3, 0.4) is 0 Å². The summed E-state index contributed by atoms with van der Waals surface area (Å²) in [5.74, 6) is 0.169. The number of rotatable bonds is 3. The van der Waals surface area contributed by atoms with Gasteiger partial charge in [0, 0.05) is 19.6 Å². The Bertz CT molecular complexity index is 509. The smallest absolute Gasteiger partial charge is 0.312 e. The number of carbonyl (C=O) groups is 2. The second-order valence-electron chi connectivity index (χ2n) is 4.85. The zero-order valence-corrected chi connectivity index (χ0v) is 12.6. The first-order valence-electron chi connectivity index (χ1n) is 6.51. The molecule has 3 N–H and O–H groups in total. The number of hydrogen-bond acceptors (Lipinski definition) is 3. The zero-order chi connectivity index (χ0) is 14.5. The van der Waals surface area contributed by atoms with Crippen molar-refractivity contribution in [3.63, 3.8) is 0 Å². The first-order valence-corrected chi connectivity index (χ1v) is 7.30. The number of likely N-dealkylation sites (tertiary alicyclic amines) is 1. The highest BCUT2D eigenvalue weighted by molar-refractivity contribution is 9.10. The van der Waals surface area contributed by atoms with Gasteiger partial charge in [0.2, 0.25) is 0 Å². The number of halogens is 1. The molecule has 7 heteroatoms. The zero-order valence-electron chi connectivity index (χ0n) is 11.0. The Morgan fingerprint density at radius 3 is 3.00 bits per heavy atom. The van der Waals surface area contributed by atoms with E-state index in [1.807, 2.05) is 0 Å². The van der Waals surface area contributed by atoms with Crippen molar-refractivity contribution in [2.75, 3.05) is 19.6 Å². The Labute approximate surface area is 125 Å². The van der Waals surface area contributed by atoms with E-state index in [0.29, 0.717) is 23.4 Å². The van der Waals surface area contributed by atoms with Crippen LogP contribution in [0, 0.1) is 5.92 Å². The predicted molar refractivity (Wildman–Crippen MR) is 78.2 cm³/mol. The van der Waals surface area contributed by atoms with E-state index in [2.05, 4.69) is 26.2 Å². The van der Waals surface area contributed by atoms with Crippen molar-refractivity contribution >= 4 is 27.9 Å². The first-order chi connectivity index (χ1) is 9.56. The lowest BCUT2D eigenvalue weighted by molar-refractivity contribution is 0.0669. The summed E-state index contributed by atoms with van der Waals surface area (Å²) >= 11 is 3.26. The Morgan fingerprint density at radius 2 is 2.30 bits per heavy atom. The molecule has 1 unspecified atom stereocenters. The molecule has 6 nitrogen and oxygen atoms in total. The maximum absolute atomic E-state index is 12.4. The average molecular weight is 341 g/mol. The molecule has 0 bridgehead atoms. The standard InChI is InChI=1S/C13H17BrN4O2/c14-11-5-1-4-10(17-11)12(19)18-6-2-3-9(8-18)7-16-13(15)20/h1,4-5,9H,2-3,6-8H2,(H3,15,16,20). The van der Waals surface area contributed by atoms with E-state index in [4.69, 9.17) is 5.73 Å². The molecule has 0 spiro atoms. The summed E-state index contributed by atoms with van der Waals surface area (Å²) in [6.07, 6.45) is 1.90. The molecular weight excluding hydrogens is 324 g/mol. The molecule has 1 atom stereocenters. The number of hydrogen-bond donors (Lipinski definition) is 2. The van der Waals surface area contributed by atoms with Crippen LogP contribution < -0.4 is 11.1 Å². The summed E-state index contributed by atoms with van der Waals surface area (Å²) in [5.41, 5.74) is 5.50. The van der Waals surface area contributed by atoms with E-state index in [-0.39, 0.29) is 11.8 Å². The van der Waals surface area contributed by atoms with Crippen LogP contribution in [0.15, 0.2) is 22.8 Å². The third kappa shape index (κ3) is 3.93. The number of primary amides is 1. The number of nitrogens with zero attached hydrogens (tertiary/aromatic N) is 2. The number of carbonyl (C=O) groups excluding carboxylic acids is 2. The van der Waals surface area contributed by atoms with E-state index < -0.39 is 6.03 Å². The van der Waals surface area contributed by atoms with Crippen molar-refractivity contribution in [2.24, 2.45) is 11.7 Å². The molecule has 20 heavy (non-hydrogen) atoms. The summed E-state index contributed by atoms with van der Waals surface area (Å²) in [7, 11) is 0. The van der Waals surface area contributed by atoms with Gasteiger partial charge in [0.05, 0.1) is 0 Å². The second kappa shape index (κ2) is 6.69. The Morgan fingerprint density at radius 1 is 1.50 bits per heavy atom. The van der Waals surface area contributed by atoms with Gasteiger partial charge in [0.25, 0.3) is 5.91 Å². The molecule has 0 aromatic carbocycles. The van der Waals surface area contributed by atoms with Crippen LogP contribution in [-0.4, -0.2) is 41.5 Å². The summed E-state index contributed by atoms with van der Waals surface area (Å²) in [4.78, 5) is 29.1. The number of amides is 3.